The summed E-state index contributed by atoms with van der Waals surface area (Å²) >= 11 is 0. The maximum Gasteiger partial charge on any atom is 0.404 e. The average molecular weight is 204 g/mol. The highest BCUT2D eigenvalue weighted by Gasteiger charge is 2.26. The van der Waals surface area contributed by atoms with Crippen LogP contribution in [-0.2, 0) is 9.47 Å². The molecule has 0 rings (SSSR count). The summed E-state index contributed by atoms with van der Waals surface area (Å²) in [4.78, 5) is 21.0. The zero-order chi connectivity index (χ0) is 11.3. The van der Waals surface area contributed by atoms with Gasteiger partial charge in [-0.2, -0.15) is 0 Å². The average Bonchev–Trinajstić information content (AvgIpc) is 1.97. The van der Waals surface area contributed by atoms with Gasteiger partial charge >= 0.3 is 12.2 Å². The maximum absolute atomic E-state index is 10.5. The van der Waals surface area contributed by atoms with Crippen molar-refractivity contribution in [1.82, 2.24) is 0 Å². The van der Waals surface area contributed by atoms with E-state index < -0.39 is 24.4 Å². The number of rotatable bonds is 4. The van der Waals surface area contributed by atoms with Gasteiger partial charge in [-0.3, -0.25) is 0 Å². The van der Waals surface area contributed by atoms with Crippen LogP contribution in [0.4, 0.5) is 9.59 Å². The Bertz CT molecular complexity index is 217. The van der Waals surface area contributed by atoms with Crippen LogP contribution in [0.5, 0.6) is 0 Å². The van der Waals surface area contributed by atoms with E-state index in [4.69, 9.17) is 16.2 Å². The molecule has 2 amide bonds. The zero-order valence-corrected chi connectivity index (χ0v) is 8.52. The van der Waals surface area contributed by atoms with Crippen LogP contribution in [0.1, 0.15) is 20.8 Å². The van der Waals surface area contributed by atoms with Crippen LogP contribution in [0.15, 0.2) is 0 Å². The molecule has 14 heavy (non-hydrogen) atoms. The highest BCUT2D eigenvalue weighted by atomic mass is 16.6. The van der Waals surface area contributed by atoms with Gasteiger partial charge in [0.05, 0.1) is 0 Å². The standard InChI is InChI=1S/C8H16N2O4/c1-4(2)6(14-8(10)12)5(3)13-7(9)11/h4-6H,1-3H3,(H2,9,11)(H2,10,12). The third kappa shape index (κ3) is 4.54. The van der Waals surface area contributed by atoms with Crippen molar-refractivity contribution < 1.29 is 19.1 Å². The lowest BCUT2D eigenvalue weighted by atomic mass is 10.0. The van der Waals surface area contributed by atoms with Crippen LogP contribution in [-0.4, -0.2) is 24.4 Å². The Balaban J connectivity index is 4.32. The van der Waals surface area contributed by atoms with Crippen molar-refractivity contribution in [3.05, 3.63) is 0 Å². The SMILES string of the molecule is CC(C)C(OC(N)=O)C(C)OC(N)=O. The first-order valence-corrected chi connectivity index (χ1v) is 4.26. The van der Waals surface area contributed by atoms with Gasteiger partial charge in [0, 0.05) is 0 Å². The minimum atomic E-state index is -0.906. The molecule has 6 heteroatoms. The molecular formula is C8H16N2O4. The summed E-state index contributed by atoms with van der Waals surface area (Å²) in [5.74, 6) is -0.0168. The Kier molecular flexibility index (Phi) is 4.76. The first-order valence-electron chi connectivity index (χ1n) is 4.26. The van der Waals surface area contributed by atoms with Crippen LogP contribution in [0.25, 0.3) is 0 Å². The molecule has 0 aromatic carbocycles. The number of hydrogen-bond acceptors (Lipinski definition) is 4. The highest BCUT2D eigenvalue weighted by Crippen LogP contribution is 2.13. The molecule has 2 atom stereocenters. The molecule has 0 aliphatic carbocycles. The second-order valence-electron chi connectivity index (χ2n) is 3.29. The summed E-state index contributed by atoms with van der Waals surface area (Å²) in [6.07, 6.45) is -3.00. The predicted molar refractivity (Wildman–Crippen MR) is 49.4 cm³/mol. The van der Waals surface area contributed by atoms with Gasteiger partial charge < -0.3 is 20.9 Å². The van der Waals surface area contributed by atoms with Gasteiger partial charge in [0.15, 0.2) is 0 Å². The lowest BCUT2D eigenvalue weighted by Crippen LogP contribution is -2.39. The Labute approximate surface area is 82.5 Å². The van der Waals surface area contributed by atoms with E-state index in [0.717, 1.165) is 0 Å². The fraction of sp³-hybridized carbons (Fsp3) is 0.750. The van der Waals surface area contributed by atoms with E-state index in [9.17, 15) is 9.59 Å². The van der Waals surface area contributed by atoms with Crippen molar-refractivity contribution in [2.45, 2.75) is 33.0 Å². The molecule has 6 nitrogen and oxygen atoms in total. The van der Waals surface area contributed by atoms with Crippen LogP contribution < -0.4 is 11.5 Å². The molecule has 4 N–H and O–H groups in total. The minimum Gasteiger partial charge on any atom is -0.443 e. The van der Waals surface area contributed by atoms with Crippen LogP contribution in [0.3, 0.4) is 0 Å². The molecule has 0 radical (unpaired) electrons. The normalized spacial score (nSPS) is 14.6. The monoisotopic (exact) mass is 204 g/mol. The van der Waals surface area contributed by atoms with Gasteiger partial charge in [0.2, 0.25) is 0 Å². The van der Waals surface area contributed by atoms with E-state index in [1.54, 1.807) is 6.92 Å². The summed E-state index contributed by atoms with van der Waals surface area (Å²) in [5.41, 5.74) is 9.70. The molecule has 0 spiro atoms. The Morgan fingerprint density at radius 2 is 1.43 bits per heavy atom. The van der Waals surface area contributed by atoms with E-state index in [-0.39, 0.29) is 5.92 Å². The predicted octanol–water partition coefficient (Wildman–Crippen LogP) is 0.590. The molecule has 2 unspecified atom stereocenters. The molecular weight excluding hydrogens is 188 g/mol. The molecule has 0 aromatic rings. The third-order valence-electron chi connectivity index (χ3n) is 1.67. The molecule has 82 valence electrons. The molecule has 0 heterocycles. The number of hydrogen-bond donors (Lipinski definition) is 2. The first kappa shape index (κ1) is 12.5. The number of carbonyl (C=O) groups excluding carboxylic acids is 2. The summed E-state index contributed by atoms with van der Waals surface area (Å²) in [7, 11) is 0. The van der Waals surface area contributed by atoms with E-state index >= 15 is 0 Å². The van der Waals surface area contributed by atoms with E-state index in [1.807, 2.05) is 13.8 Å². The van der Waals surface area contributed by atoms with Gasteiger partial charge in [-0.05, 0) is 12.8 Å². The Morgan fingerprint density at radius 3 is 1.71 bits per heavy atom. The van der Waals surface area contributed by atoms with Crippen molar-refractivity contribution in [3.8, 4) is 0 Å². The summed E-state index contributed by atoms with van der Waals surface area (Å²) in [5, 5.41) is 0. The second-order valence-corrected chi connectivity index (χ2v) is 3.29. The molecule has 0 aliphatic heterocycles. The summed E-state index contributed by atoms with van der Waals surface area (Å²) < 4.78 is 9.46. The quantitative estimate of drug-likeness (QED) is 0.699. The van der Waals surface area contributed by atoms with Gasteiger partial charge in [-0.25, -0.2) is 9.59 Å². The molecule has 0 aliphatic rings. The van der Waals surface area contributed by atoms with Crippen LogP contribution in [0, 0.1) is 5.92 Å². The number of nitrogens with two attached hydrogens (primary N) is 2. The number of amides is 2. The van der Waals surface area contributed by atoms with E-state index in [1.165, 1.54) is 0 Å². The summed E-state index contributed by atoms with van der Waals surface area (Å²) in [6, 6.07) is 0. The lowest BCUT2D eigenvalue weighted by molar-refractivity contribution is -0.0166. The topological polar surface area (TPSA) is 105 Å². The largest absolute Gasteiger partial charge is 0.443 e. The fourth-order valence-electron chi connectivity index (χ4n) is 1.16. The molecule has 0 aromatic heterocycles. The Morgan fingerprint density at radius 1 is 1.00 bits per heavy atom. The Hall–Kier alpha value is -1.46. The smallest absolute Gasteiger partial charge is 0.404 e. The van der Waals surface area contributed by atoms with Crippen molar-refractivity contribution >= 4 is 12.2 Å². The lowest BCUT2D eigenvalue weighted by Gasteiger charge is -2.25. The highest BCUT2D eigenvalue weighted by molar-refractivity contribution is 5.66. The number of carbonyl (C=O) groups is 2. The van der Waals surface area contributed by atoms with E-state index in [0.29, 0.717) is 0 Å². The third-order valence-corrected chi connectivity index (χ3v) is 1.67. The first-order chi connectivity index (χ1) is 6.34. The van der Waals surface area contributed by atoms with Gasteiger partial charge in [-0.15, -0.1) is 0 Å². The number of ether oxygens (including phenoxy) is 2. The van der Waals surface area contributed by atoms with E-state index in [2.05, 4.69) is 4.74 Å². The van der Waals surface area contributed by atoms with Crippen LogP contribution in [0.2, 0.25) is 0 Å². The van der Waals surface area contributed by atoms with Crippen molar-refractivity contribution in [1.29, 1.82) is 0 Å². The van der Waals surface area contributed by atoms with Gasteiger partial charge in [-0.1, -0.05) is 13.8 Å². The van der Waals surface area contributed by atoms with Gasteiger partial charge in [0.1, 0.15) is 12.2 Å². The minimum absolute atomic E-state index is 0.0168. The molecule has 0 fully saturated rings. The summed E-state index contributed by atoms with van der Waals surface area (Å²) in [6.45, 7) is 5.21. The molecule has 0 saturated carbocycles. The van der Waals surface area contributed by atoms with Gasteiger partial charge in [0.25, 0.3) is 0 Å². The molecule has 0 saturated heterocycles. The van der Waals surface area contributed by atoms with Crippen molar-refractivity contribution in [3.63, 3.8) is 0 Å². The number of primary amides is 2. The maximum atomic E-state index is 10.5. The fourth-order valence-corrected chi connectivity index (χ4v) is 1.16. The second kappa shape index (κ2) is 5.31. The zero-order valence-electron chi connectivity index (χ0n) is 8.52. The molecule has 0 bridgehead atoms. The van der Waals surface area contributed by atoms with Crippen LogP contribution >= 0.6 is 0 Å². The van der Waals surface area contributed by atoms with Crippen molar-refractivity contribution in [2.75, 3.05) is 0 Å². The van der Waals surface area contributed by atoms with Crippen molar-refractivity contribution in [2.24, 2.45) is 17.4 Å².